The molecule has 3 aromatic rings. The number of rotatable bonds is 6. The van der Waals surface area contributed by atoms with Gasteiger partial charge in [-0.1, -0.05) is 36.4 Å². The normalized spacial score (nSPS) is 10.4. The number of hydrogen-bond acceptors (Lipinski definition) is 4. The molecule has 1 heterocycles. The Morgan fingerprint density at radius 3 is 2.59 bits per heavy atom. The van der Waals surface area contributed by atoms with E-state index in [4.69, 9.17) is 0 Å². The van der Waals surface area contributed by atoms with Crippen LogP contribution in [0.25, 0.3) is 0 Å². The molecule has 5 nitrogen and oxygen atoms in total. The zero-order valence-electron chi connectivity index (χ0n) is 15.3. The Balaban J connectivity index is 1.60. The Morgan fingerprint density at radius 1 is 1.07 bits per heavy atom. The van der Waals surface area contributed by atoms with Gasteiger partial charge in [0, 0.05) is 30.1 Å². The summed E-state index contributed by atoms with van der Waals surface area (Å²) in [6.45, 7) is 3.36. The number of nitrogens with zero attached hydrogens (tertiary/aromatic N) is 1. The molecule has 2 N–H and O–H groups in total. The summed E-state index contributed by atoms with van der Waals surface area (Å²) < 4.78 is 0. The molecule has 0 aliphatic heterocycles. The first-order valence-corrected chi connectivity index (χ1v) is 9.53. The molecule has 0 saturated carbocycles. The van der Waals surface area contributed by atoms with E-state index in [0.29, 0.717) is 11.4 Å². The van der Waals surface area contributed by atoms with Gasteiger partial charge in [-0.25, -0.2) is 4.98 Å². The minimum absolute atomic E-state index is 0.135. The molecule has 0 spiro atoms. The topological polar surface area (TPSA) is 71.1 Å². The van der Waals surface area contributed by atoms with E-state index in [1.165, 1.54) is 12.5 Å². The lowest BCUT2D eigenvalue weighted by atomic mass is 10.1. The standard InChI is InChI=1S/C21H21N3O2S/c1-14-8-9-17(11-19(14)22-15(2)25)23-20(26)12-18-13-27-21(24-18)10-16-6-4-3-5-7-16/h3-9,11,13H,10,12H2,1-2H3,(H,22,25)(H,23,26). The van der Waals surface area contributed by atoms with E-state index in [2.05, 4.69) is 27.8 Å². The van der Waals surface area contributed by atoms with Crippen LogP contribution in [-0.2, 0) is 22.4 Å². The number of carbonyl (C=O) groups excluding carboxylic acids is 2. The molecule has 1 aromatic heterocycles. The third-order valence-electron chi connectivity index (χ3n) is 3.97. The van der Waals surface area contributed by atoms with E-state index in [1.807, 2.05) is 42.6 Å². The van der Waals surface area contributed by atoms with E-state index < -0.39 is 0 Å². The molecule has 3 rings (SSSR count). The van der Waals surface area contributed by atoms with E-state index in [-0.39, 0.29) is 18.2 Å². The van der Waals surface area contributed by atoms with Gasteiger partial charge in [0.15, 0.2) is 0 Å². The van der Waals surface area contributed by atoms with Crippen molar-refractivity contribution in [1.29, 1.82) is 0 Å². The number of thiazole rings is 1. The van der Waals surface area contributed by atoms with Crippen LogP contribution in [0.2, 0.25) is 0 Å². The van der Waals surface area contributed by atoms with Crippen LogP contribution in [0.15, 0.2) is 53.9 Å². The lowest BCUT2D eigenvalue weighted by molar-refractivity contribution is -0.116. The minimum atomic E-state index is -0.144. The van der Waals surface area contributed by atoms with Crippen molar-refractivity contribution in [2.24, 2.45) is 0 Å². The monoisotopic (exact) mass is 379 g/mol. The third kappa shape index (κ3) is 5.49. The molecule has 0 fully saturated rings. The van der Waals surface area contributed by atoms with Crippen molar-refractivity contribution in [3.05, 3.63) is 75.7 Å². The van der Waals surface area contributed by atoms with Gasteiger partial charge in [-0.05, 0) is 30.2 Å². The highest BCUT2D eigenvalue weighted by Gasteiger charge is 2.10. The zero-order valence-corrected chi connectivity index (χ0v) is 16.1. The molecular formula is C21H21N3O2S. The molecular weight excluding hydrogens is 358 g/mol. The van der Waals surface area contributed by atoms with Crippen LogP contribution in [0.4, 0.5) is 11.4 Å². The average Bonchev–Trinajstić information content (AvgIpc) is 3.05. The largest absolute Gasteiger partial charge is 0.326 e. The van der Waals surface area contributed by atoms with Crippen LogP contribution in [0.1, 0.15) is 28.8 Å². The quantitative estimate of drug-likeness (QED) is 0.675. The molecule has 2 aromatic carbocycles. The third-order valence-corrected chi connectivity index (χ3v) is 4.87. The van der Waals surface area contributed by atoms with Crippen molar-refractivity contribution in [2.75, 3.05) is 10.6 Å². The summed E-state index contributed by atoms with van der Waals surface area (Å²) in [6.07, 6.45) is 0.986. The second-order valence-corrected chi connectivity index (χ2v) is 7.27. The van der Waals surface area contributed by atoms with Crippen LogP contribution in [0.5, 0.6) is 0 Å². The van der Waals surface area contributed by atoms with E-state index in [1.54, 1.807) is 17.4 Å². The summed E-state index contributed by atoms with van der Waals surface area (Å²) in [7, 11) is 0. The first-order valence-electron chi connectivity index (χ1n) is 8.65. The fraction of sp³-hybridized carbons (Fsp3) is 0.190. The van der Waals surface area contributed by atoms with Crippen molar-refractivity contribution in [3.8, 4) is 0 Å². The molecule has 27 heavy (non-hydrogen) atoms. The minimum Gasteiger partial charge on any atom is -0.326 e. The number of amides is 2. The van der Waals surface area contributed by atoms with Gasteiger partial charge in [-0.3, -0.25) is 9.59 Å². The summed E-state index contributed by atoms with van der Waals surface area (Å²) in [5, 5.41) is 8.55. The average molecular weight is 379 g/mol. The maximum Gasteiger partial charge on any atom is 0.230 e. The molecule has 0 saturated heterocycles. The van der Waals surface area contributed by atoms with E-state index in [0.717, 1.165) is 22.7 Å². The molecule has 0 unspecified atom stereocenters. The van der Waals surface area contributed by atoms with E-state index >= 15 is 0 Å². The highest BCUT2D eigenvalue weighted by atomic mass is 32.1. The van der Waals surface area contributed by atoms with Crippen molar-refractivity contribution in [2.45, 2.75) is 26.7 Å². The van der Waals surface area contributed by atoms with Gasteiger partial charge in [0.05, 0.1) is 17.1 Å². The predicted octanol–water partition coefficient (Wildman–Crippen LogP) is 4.18. The number of aryl methyl sites for hydroxylation is 1. The highest BCUT2D eigenvalue weighted by molar-refractivity contribution is 7.09. The van der Waals surface area contributed by atoms with Crippen LogP contribution < -0.4 is 10.6 Å². The van der Waals surface area contributed by atoms with Gasteiger partial charge in [0.25, 0.3) is 0 Å². The number of aromatic nitrogens is 1. The van der Waals surface area contributed by atoms with Crippen LogP contribution in [0, 0.1) is 6.92 Å². The Labute approximate surface area is 162 Å². The molecule has 0 aliphatic carbocycles. The Morgan fingerprint density at radius 2 is 1.85 bits per heavy atom. The number of carbonyl (C=O) groups is 2. The molecule has 0 bridgehead atoms. The van der Waals surface area contributed by atoms with Crippen LogP contribution in [0.3, 0.4) is 0 Å². The summed E-state index contributed by atoms with van der Waals surface area (Å²) in [4.78, 5) is 28.2. The molecule has 138 valence electrons. The Bertz CT molecular complexity index is 951. The molecule has 0 radical (unpaired) electrons. The Kier molecular flexibility index (Phi) is 5.98. The fourth-order valence-corrected chi connectivity index (χ4v) is 3.50. The second kappa shape index (κ2) is 8.60. The number of hydrogen-bond donors (Lipinski definition) is 2. The highest BCUT2D eigenvalue weighted by Crippen LogP contribution is 2.21. The smallest absolute Gasteiger partial charge is 0.230 e. The lowest BCUT2D eigenvalue weighted by Gasteiger charge is -2.10. The van der Waals surface area contributed by atoms with Gasteiger partial charge in [0.2, 0.25) is 11.8 Å². The number of anilines is 2. The maximum atomic E-state index is 12.3. The van der Waals surface area contributed by atoms with Crippen molar-refractivity contribution in [3.63, 3.8) is 0 Å². The molecule has 0 aliphatic rings. The maximum absolute atomic E-state index is 12.3. The van der Waals surface area contributed by atoms with Crippen molar-refractivity contribution in [1.82, 2.24) is 4.98 Å². The predicted molar refractivity (Wildman–Crippen MR) is 109 cm³/mol. The van der Waals surface area contributed by atoms with Crippen molar-refractivity contribution < 1.29 is 9.59 Å². The van der Waals surface area contributed by atoms with Crippen LogP contribution >= 0.6 is 11.3 Å². The number of benzene rings is 2. The van der Waals surface area contributed by atoms with Gasteiger partial charge < -0.3 is 10.6 Å². The van der Waals surface area contributed by atoms with Crippen LogP contribution in [-0.4, -0.2) is 16.8 Å². The van der Waals surface area contributed by atoms with Gasteiger partial charge >= 0.3 is 0 Å². The fourth-order valence-electron chi connectivity index (χ4n) is 2.68. The SMILES string of the molecule is CC(=O)Nc1cc(NC(=O)Cc2csc(Cc3ccccc3)n2)ccc1C. The Hall–Kier alpha value is -2.99. The first kappa shape index (κ1) is 18.8. The summed E-state index contributed by atoms with van der Waals surface area (Å²) in [5.41, 5.74) is 4.24. The zero-order chi connectivity index (χ0) is 19.2. The lowest BCUT2D eigenvalue weighted by Crippen LogP contribution is -2.15. The number of nitrogens with one attached hydrogen (secondary N) is 2. The second-order valence-electron chi connectivity index (χ2n) is 6.33. The summed E-state index contributed by atoms with van der Waals surface area (Å²) in [6, 6.07) is 15.6. The van der Waals surface area contributed by atoms with Gasteiger partial charge in [0.1, 0.15) is 0 Å². The first-order chi connectivity index (χ1) is 13.0. The molecule has 6 heteroatoms. The van der Waals surface area contributed by atoms with E-state index in [9.17, 15) is 9.59 Å². The summed E-state index contributed by atoms with van der Waals surface area (Å²) >= 11 is 1.57. The van der Waals surface area contributed by atoms with Gasteiger partial charge in [-0.2, -0.15) is 0 Å². The summed E-state index contributed by atoms with van der Waals surface area (Å²) in [5.74, 6) is -0.279. The molecule has 0 atom stereocenters. The molecule has 2 amide bonds. The van der Waals surface area contributed by atoms with Gasteiger partial charge in [-0.15, -0.1) is 11.3 Å². The van der Waals surface area contributed by atoms with Crippen molar-refractivity contribution >= 4 is 34.5 Å².